The summed E-state index contributed by atoms with van der Waals surface area (Å²) in [5.41, 5.74) is 8.10. The van der Waals surface area contributed by atoms with Gasteiger partial charge in [-0.05, 0) is 55.3 Å². The van der Waals surface area contributed by atoms with Gasteiger partial charge >= 0.3 is 33.2 Å². The van der Waals surface area contributed by atoms with Crippen molar-refractivity contribution in [2.24, 2.45) is 4.99 Å². The summed E-state index contributed by atoms with van der Waals surface area (Å²) < 4.78 is 0. The number of halogens is 2. The molecule has 0 N–H and O–H groups in total. The molecule has 0 aliphatic heterocycles. The van der Waals surface area contributed by atoms with E-state index in [-0.39, 0.29) is 7.92 Å². The van der Waals surface area contributed by atoms with E-state index >= 15 is 0 Å². The van der Waals surface area contributed by atoms with Gasteiger partial charge in [0.05, 0.1) is 17.1 Å². The summed E-state index contributed by atoms with van der Waals surface area (Å²) in [6, 6.07) is 12.7. The van der Waals surface area contributed by atoms with Gasteiger partial charge in [-0.3, -0.25) is 9.98 Å². The topological polar surface area (TPSA) is 25.2 Å². The molecular weight excluding hydrogens is 453 g/mol. The van der Waals surface area contributed by atoms with Crippen LogP contribution < -0.4 is 0 Å². The van der Waals surface area contributed by atoms with Gasteiger partial charge in [0.2, 0.25) is 0 Å². The van der Waals surface area contributed by atoms with E-state index in [0.717, 1.165) is 34.6 Å². The van der Waals surface area contributed by atoms with Crippen LogP contribution in [0.15, 0.2) is 41.4 Å². The second-order valence-electron chi connectivity index (χ2n) is 7.36. The molecule has 0 unspecified atom stereocenters. The Balaban J connectivity index is 0.00000122. The number of aromatic nitrogens is 1. The Morgan fingerprint density at radius 3 is 2.00 bits per heavy atom. The van der Waals surface area contributed by atoms with Crippen molar-refractivity contribution in [3.05, 3.63) is 58.9 Å². The van der Waals surface area contributed by atoms with Gasteiger partial charge in [-0.25, -0.2) is 0 Å². The normalized spacial score (nSPS) is 11.9. The van der Waals surface area contributed by atoms with E-state index in [1.165, 1.54) is 16.8 Å². The molecule has 1 heterocycles. The van der Waals surface area contributed by atoms with Gasteiger partial charge in [0.25, 0.3) is 0 Å². The number of para-hydroxylation sites is 1. The standard InChI is InChI=1S/C22H31N2P.2ClH.Co/c1-15(2)25(16(3)4)14-20-12-9-13-21(24-20)19(7)23-22-17(5)10-8-11-18(22)6;;;/h8-13,15-16H,14H2,1-7H3;2*1H;/q;;;+2/p-2. The summed E-state index contributed by atoms with van der Waals surface area (Å²) in [5.74, 6) is 0. The van der Waals surface area contributed by atoms with Crippen molar-refractivity contribution >= 4 is 39.6 Å². The number of aryl methyl sites for hydroxylation is 2. The first-order valence-electron chi connectivity index (χ1n) is 9.38. The maximum atomic E-state index is 4.92. The van der Waals surface area contributed by atoms with Crippen LogP contribution >= 0.6 is 28.2 Å². The van der Waals surface area contributed by atoms with Crippen molar-refractivity contribution < 1.29 is 12.9 Å². The van der Waals surface area contributed by atoms with Crippen LogP contribution in [0.3, 0.4) is 0 Å². The second kappa shape index (κ2) is 13.0. The van der Waals surface area contributed by atoms with E-state index < -0.39 is 0 Å². The number of aliphatic imine (C=N–C) groups is 1. The maximum absolute atomic E-state index is 4.92. The molecule has 2 aromatic rings. The Morgan fingerprint density at radius 2 is 1.50 bits per heavy atom. The molecule has 0 aliphatic carbocycles. The van der Waals surface area contributed by atoms with E-state index in [9.17, 15) is 0 Å². The van der Waals surface area contributed by atoms with E-state index in [1.807, 2.05) is 0 Å². The fourth-order valence-electron chi connectivity index (χ4n) is 3.12. The first kappa shape index (κ1) is 25.6. The predicted octanol–water partition coefficient (Wildman–Crippen LogP) is 8.01. The van der Waals surface area contributed by atoms with Crippen LogP contribution in [0.4, 0.5) is 5.69 Å². The molecule has 0 saturated carbocycles. The molecule has 0 fully saturated rings. The molecule has 157 valence electrons. The summed E-state index contributed by atoms with van der Waals surface area (Å²) in [7, 11) is 9.42. The quantitative estimate of drug-likeness (QED) is 0.301. The van der Waals surface area contributed by atoms with Gasteiger partial charge in [0, 0.05) is 11.9 Å². The SMILES string of the molecule is CC(=Nc1c(C)cccc1C)c1cccc(CP(C(C)C)C(C)C)n1.[Cl][Co][Cl]. The van der Waals surface area contributed by atoms with Gasteiger partial charge in [-0.2, -0.15) is 0 Å². The van der Waals surface area contributed by atoms with Gasteiger partial charge in [-0.15, -0.1) is 0 Å². The molecule has 0 bridgehead atoms. The number of pyridine rings is 1. The molecule has 0 radical (unpaired) electrons. The number of nitrogens with zero attached hydrogens (tertiary/aromatic N) is 2. The van der Waals surface area contributed by atoms with Crippen molar-refractivity contribution in [3.63, 3.8) is 0 Å². The third-order valence-electron chi connectivity index (χ3n) is 4.57. The van der Waals surface area contributed by atoms with Crippen molar-refractivity contribution in [2.45, 2.75) is 65.9 Å². The molecule has 0 aliphatic rings. The minimum atomic E-state index is -0.0473. The van der Waals surface area contributed by atoms with Crippen LogP contribution in [0.1, 0.15) is 57.1 Å². The van der Waals surface area contributed by atoms with Crippen molar-refractivity contribution in [1.82, 2.24) is 4.98 Å². The zero-order valence-corrected chi connectivity index (χ0v) is 21.2. The molecule has 0 saturated heterocycles. The molecule has 1 aromatic heterocycles. The van der Waals surface area contributed by atoms with Crippen LogP contribution in [-0.4, -0.2) is 22.0 Å². The zero-order valence-electron chi connectivity index (χ0n) is 17.8. The zero-order chi connectivity index (χ0) is 21.3. The number of hydrogen-bond donors (Lipinski definition) is 0. The van der Waals surface area contributed by atoms with Crippen LogP contribution in [0.5, 0.6) is 0 Å². The molecule has 28 heavy (non-hydrogen) atoms. The first-order valence-corrected chi connectivity index (χ1v) is 13.9. The average Bonchev–Trinajstić information content (AvgIpc) is 2.63. The monoisotopic (exact) mass is 483 g/mol. The van der Waals surface area contributed by atoms with Gasteiger partial charge < -0.3 is 0 Å². The molecule has 1 aromatic carbocycles. The van der Waals surface area contributed by atoms with Crippen LogP contribution in [0, 0.1) is 13.8 Å². The predicted molar refractivity (Wildman–Crippen MR) is 125 cm³/mol. The number of hydrogen-bond acceptors (Lipinski definition) is 2. The fraction of sp³-hybridized carbons (Fsp3) is 0.455. The van der Waals surface area contributed by atoms with Crippen LogP contribution in [0.25, 0.3) is 0 Å². The number of rotatable bonds is 6. The van der Waals surface area contributed by atoms with E-state index in [1.54, 1.807) is 0 Å². The molecule has 6 heteroatoms. The summed E-state index contributed by atoms with van der Waals surface area (Å²) in [6.45, 7) is 15.6. The summed E-state index contributed by atoms with van der Waals surface area (Å²) in [6.07, 6.45) is 1.09. The Hall–Kier alpha value is -0.444. The van der Waals surface area contributed by atoms with Gasteiger partial charge in [-0.1, -0.05) is 59.9 Å². The van der Waals surface area contributed by atoms with E-state index in [2.05, 4.69) is 84.9 Å². The molecule has 0 amide bonds. The molecule has 2 nitrogen and oxygen atoms in total. The Kier molecular flexibility index (Phi) is 11.9. The summed E-state index contributed by atoms with van der Waals surface area (Å²) in [4.78, 5) is 9.80. The Labute approximate surface area is 186 Å². The van der Waals surface area contributed by atoms with Gasteiger partial charge in [0.15, 0.2) is 0 Å². The van der Waals surface area contributed by atoms with Crippen molar-refractivity contribution in [3.8, 4) is 0 Å². The minimum absolute atomic E-state index is 0.0473. The Bertz CT molecular complexity index is 751. The van der Waals surface area contributed by atoms with Crippen LogP contribution in [-0.2, 0) is 19.1 Å². The van der Waals surface area contributed by atoms with E-state index in [0.29, 0.717) is 12.9 Å². The summed E-state index contributed by atoms with van der Waals surface area (Å²) >= 11 is 0.382. The third-order valence-corrected chi connectivity index (χ3v) is 7.91. The van der Waals surface area contributed by atoms with Crippen LogP contribution in [0.2, 0.25) is 0 Å². The van der Waals surface area contributed by atoms with Crippen molar-refractivity contribution in [1.29, 1.82) is 0 Å². The summed E-state index contributed by atoms with van der Waals surface area (Å²) in [5, 5.41) is 0. The average molecular weight is 484 g/mol. The third kappa shape index (κ3) is 8.12. The number of benzene rings is 1. The Morgan fingerprint density at radius 1 is 1.00 bits per heavy atom. The molecular formula is C22H31Cl2CoN2P. The molecule has 0 atom stereocenters. The molecule has 2 rings (SSSR count). The first-order chi connectivity index (χ1) is 13.2. The fourth-order valence-corrected chi connectivity index (χ4v) is 5.60. The van der Waals surface area contributed by atoms with E-state index in [4.69, 9.17) is 30.3 Å². The molecule has 0 spiro atoms. The van der Waals surface area contributed by atoms with Gasteiger partial charge in [0.1, 0.15) is 0 Å². The van der Waals surface area contributed by atoms with Crippen molar-refractivity contribution in [2.75, 3.05) is 0 Å². The second-order valence-corrected chi connectivity index (χ2v) is 12.5.